The molecule has 0 spiro atoms. The monoisotopic (exact) mass is 179 g/mol. The second kappa shape index (κ2) is 3.65. The normalized spacial score (nSPS) is 49.2. The van der Waals surface area contributed by atoms with E-state index in [9.17, 15) is 10.2 Å². The second-order valence-corrected chi connectivity index (χ2v) is 2.81. The minimum atomic E-state index is -1.35. The summed E-state index contributed by atoms with van der Waals surface area (Å²) in [6, 6.07) is -1.04. The van der Waals surface area contributed by atoms with Crippen LogP contribution in [0.25, 0.3) is 0 Å². The van der Waals surface area contributed by atoms with Crippen LogP contribution in [0.15, 0.2) is 0 Å². The Labute approximate surface area is 69.2 Å². The van der Waals surface area contributed by atoms with Gasteiger partial charge in [0.2, 0.25) is 0 Å². The van der Waals surface area contributed by atoms with Gasteiger partial charge in [0, 0.05) is 0 Å². The fourth-order valence-corrected chi connectivity index (χ4v) is 1.12. The topological polar surface area (TPSA) is 116 Å². The molecular formula is C6H13NO5. The summed E-state index contributed by atoms with van der Waals surface area (Å²) in [6.45, 7) is -0.470. The Balaban J connectivity index is 2.63. The van der Waals surface area contributed by atoms with Gasteiger partial charge in [0.15, 0.2) is 6.29 Å². The molecular weight excluding hydrogens is 166 g/mol. The van der Waals surface area contributed by atoms with E-state index in [0.29, 0.717) is 0 Å². The van der Waals surface area contributed by atoms with Crippen molar-refractivity contribution in [3.05, 3.63) is 0 Å². The van der Waals surface area contributed by atoms with E-state index >= 15 is 0 Å². The van der Waals surface area contributed by atoms with E-state index in [1.807, 2.05) is 0 Å². The number of nitrogens with two attached hydrogens (primary N) is 1. The molecule has 1 aliphatic heterocycles. The fraction of sp³-hybridized carbons (Fsp3) is 1.00. The van der Waals surface area contributed by atoms with Gasteiger partial charge in [-0.05, 0) is 0 Å². The van der Waals surface area contributed by atoms with Gasteiger partial charge in [0.25, 0.3) is 0 Å². The Morgan fingerprint density at radius 1 is 1.17 bits per heavy atom. The number of hydrogen-bond acceptors (Lipinski definition) is 6. The largest absolute Gasteiger partial charge is 0.394 e. The summed E-state index contributed by atoms with van der Waals surface area (Å²) >= 11 is 0. The minimum absolute atomic E-state index is 0.470. The van der Waals surface area contributed by atoms with Crippen LogP contribution < -0.4 is 5.73 Å². The molecule has 0 aromatic carbocycles. The first-order valence-electron chi connectivity index (χ1n) is 3.64. The van der Waals surface area contributed by atoms with Crippen LogP contribution in [0.3, 0.4) is 0 Å². The third-order valence-corrected chi connectivity index (χ3v) is 1.95. The third-order valence-electron chi connectivity index (χ3n) is 1.95. The summed E-state index contributed by atoms with van der Waals surface area (Å²) in [5, 5.41) is 36.1. The van der Waals surface area contributed by atoms with Crippen molar-refractivity contribution in [2.24, 2.45) is 5.73 Å². The highest BCUT2D eigenvalue weighted by atomic mass is 16.6. The summed E-state index contributed by atoms with van der Waals surface area (Å²) in [5.41, 5.74) is 5.26. The number of hydrogen-bond donors (Lipinski definition) is 5. The Morgan fingerprint density at radius 3 is 2.25 bits per heavy atom. The molecule has 0 saturated carbocycles. The van der Waals surface area contributed by atoms with Crippen LogP contribution in [0.1, 0.15) is 0 Å². The average molecular weight is 179 g/mol. The van der Waals surface area contributed by atoms with E-state index in [-0.39, 0.29) is 0 Å². The molecule has 1 rings (SSSR count). The van der Waals surface area contributed by atoms with Gasteiger partial charge in [-0.2, -0.15) is 0 Å². The van der Waals surface area contributed by atoms with Crippen LogP contribution in [0, 0.1) is 0 Å². The van der Waals surface area contributed by atoms with Gasteiger partial charge >= 0.3 is 0 Å². The maximum atomic E-state index is 9.20. The van der Waals surface area contributed by atoms with Crippen LogP contribution in [0.5, 0.6) is 0 Å². The molecule has 0 aromatic heterocycles. The van der Waals surface area contributed by atoms with Crippen LogP contribution in [0.2, 0.25) is 0 Å². The molecule has 1 heterocycles. The molecule has 1 saturated heterocycles. The van der Waals surface area contributed by atoms with E-state index < -0.39 is 37.3 Å². The quantitative estimate of drug-likeness (QED) is 0.288. The molecule has 0 aromatic rings. The highest BCUT2D eigenvalue weighted by Crippen LogP contribution is 2.17. The van der Waals surface area contributed by atoms with Crippen LogP contribution in [-0.2, 0) is 4.74 Å². The molecule has 1 aliphatic rings. The summed E-state index contributed by atoms with van der Waals surface area (Å²) in [5.74, 6) is 0. The molecule has 6 nitrogen and oxygen atoms in total. The molecule has 12 heavy (non-hydrogen) atoms. The highest BCUT2D eigenvalue weighted by molar-refractivity contribution is 4.90. The van der Waals surface area contributed by atoms with E-state index in [1.165, 1.54) is 0 Å². The Bertz CT molecular complexity index is 150. The molecule has 0 aliphatic carbocycles. The van der Waals surface area contributed by atoms with Gasteiger partial charge in [0.1, 0.15) is 18.3 Å². The first-order valence-corrected chi connectivity index (χ1v) is 3.64. The van der Waals surface area contributed by atoms with Gasteiger partial charge < -0.3 is 30.9 Å². The van der Waals surface area contributed by atoms with E-state index in [1.54, 1.807) is 0 Å². The Kier molecular flexibility index (Phi) is 2.99. The molecule has 0 radical (unpaired) electrons. The van der Waals surface area contributed by atoms with Gasteiger partial charge in [-0.15, -0.1) is 0 Å². The SMILES string of the molecule is N[C@@H]1[C@H](O)[C@H](O)[C@H](CO)O[C@H]1O. The molecule has 6 N–H and O–H groups in total. The van der Waals surface area contributed by atoms with Crippen molar-refractivity contribution in [1.29, 1.82) is 0 Å². The molecule has 1 fully saturated rings. The fourth-order valence-electron chi connectivity index (χ4n) is 1.12. The van der Waals surface area contributed by atoms with Crippen molar-refractivity contribution >= 4 is 0 Å². The smallest absolute Gasteiger partial charge is 0.173 e. The predicted molar refractivity (Wildman–Crippen MR) is 38.0 cm³/mol. The van der Waals surface area contributed by atoms with Crippen molar-refractivity contribution in [3.8, 4) is 0 Å². The molecule has 0 bridgehead atoms. The van der Waals surface area contributed by atoms with Crippen molar-refractivity contribution in [1.82, 2.24) is 0 Å². The van der Waals surface area contributed by atoms with E-state index in [0.717, 1.165) is 0 Å². The number of aliphatic hydroxyl groups excluding tert-OH is 4. The molecule has 6 heteroatoms. The Hall–Kier alpha value is -0.240. The summed E-state index contributed by atoms with van der Waals surface area (Å²) in [6.07, 6.45) is -4.85. The number of rotatable bonds is 1. The first kappa shape index (κ1) is 9.85. The number of ether oxygens (including phenoxy) is 1. The molecule has 0 unspecified atom stereocenters. The van der Waals surface area contributed by atoms with Crippen LogP contribution in [-0.4, -0.2) is 57.7 Å². The zero-order valence-electron chi connectivity index (χ0n) is 6.37. The van der Waals surface area contributed by atoms with Crippen LogP contribution >= 0.6 is 0 Å². The molecule has 0 amide bonds. The lowest BCUT2D eigenvalue weighted by molar-refractivity contribution is -0.248. The lowest BCUT2D eigenvalue weighted by Gasteiger charge is -2.38. The summed E-state index contributed by atoms with van der Waals surface area (Å²) in [7, 11) is 0. The highest BCUT2D eigenvalue weighted by Gasteiger charge is 2.41. The van der Waals surface area contributed by atoms with Crippen molar-refractivity contribution in [2.75, 3.05) is 6.61 Å². The maximum Gasteiger partial charge on any atom is 0.173 e. The lowest BCUT2D eigenvalue weighted by Crippen LogP contribution is -2.61. The van der Waals surface area contributed by atoms with Gasteiger partial charge in [0.05, 0.1) is 12.6 Å². The molecule has 72 valence electrons. The minimum Gasteiger partial charge on any atom is -0.394 e. The molecule has 5 atom stereocenters. The lowest BCUT2D eigenvalue weighted by atomic mass is 9.98. The van der Waals surface area contributed by atoms with E-state index in [2.05, 4.69) is 0 Å². The zero-order chi connectivity index (χ0) is 9.30. The average Bonchev–Trinajstić information content (AvgIpc) is 2.08. The van der Waals surface area contributed by atoms with Crippen LogP contribution in [0.4, 0.5) is 0 Å². The van der Waals surface area contributed by atoms with Crippen molar-refractivity contribution in [3.63, 3.8) is 0 Å². The second-order valence-electron chi connectivity index (χ2n) is 2.81. The third kappa shape index (κ3) is 1.58. The van der Waals surface area contributed by atoms with Crippen molar-refractivity contribution < 1.29 is 25.2 Å². The van der Waals surface area contributed by atoms with Gasteiger partial charge in [-0.25, -0.2) is 0 Å². The Morgan fingerprint density at radius 2 is 1.75 bits per heavy atom. The number of aliphatic hydroxyl groups is 4. The van der Waals surface area contributed by atoms with Crippen molar-refractivity contribution in [2.45, 2.75) is 30.6 Å². The zero-order valence-corrected chi connectivity index (χ0v) is 6.37. The first-order chi connectivity index (χ1) is 5.57. The van der Waals surface area contributed by atoms with E-state index in [4.69, 9.17) is 20.7 Å². The summed E-state index contributed by atoms with van der Waals surface area (Å²) in [4.78, 5) is 0. The predicted octanol–water partition coefficient (Wildman–Crippen LogP) is -3.26. The summed E-state index contributed by atoms with van der Waals surface area (Å²) < 4.78 is 4.70. The van der Waals surface area contributed by atoms with Gasteiger partial charge in [-0.3, -0.25) is 0 Å². The maximum absolute atomic E-state index is 9.20. The standard InChI is InChI=1S/C6H13NO5/c7-3-5(10)4(9)2(1-8)12-6(3)11/h2-6,8-11H,1,7H2/t2-,3+,4+,5-,6+/m0/s1. The van der Waals surface area contributed by atoms with Gasteiger partial charge in [-0.1, -0.05) is 0 Å².